The fourth-order valence-corrected chi connectivity index (χ4v) is 2.99. The van der Waals surface area contributed by atoms with Crippen molar-refractivity contribution in [3.63, 3.8) is 0 Å². The average molecular weight is 253 g/mol. The minimum atomic E-state index is 0.232. The van der Waals surface area contributed by atoms with E-state index in [1.165, 1.54) is 0 Å². The molecular weight excluding hydrogens is 226 g/mol. The topological polar surface area (TPSA) is 35.6 Å². The van der Waals surface area contributed by atoms with Gasteiger partial charge in [0.25, 0.3) is 0 Å². The summed E-state index contributed by atoms with van der Waals surface area (Å²) in [5, 5.41) is 3.33. The van der Waals surface area contributed by atoms with Crippen molar-refractivity contribution >= 4 is 5.91 Å². The summed E-state index contributed by atoms with van der Waals surface area (Å²) in [6.07, 6.45) is 2.21. The molecule has 0 aliphatic carbocycles. The second-order valence-electron chi connectivity index (χ2n) is 6.06. The molecule has 1 atom stereocenters. The molecule has 2 aliphatic rings. The third-order valence-corrected chi connectivity index (χ3v) is 3.95. The molecule has 0 bridgehead atoms. The van der Waals surface area contributed by atoms with Crippen LogP contribution in [0, 0.1) is 11.8 Å². The highest BCUT2D eigenvalue weighted by Gasteiger charge is 2.28. The summed E-state index contributed by atoms with van der Waals surface area (Å²) in [5.74, 6) is 1.33. The molecule has 2 saturated heterocycles. The zero-order valence-electron chi connectivity index (χ0n) is 11.8. The van der Waals surface area contributed by atoms with Gasteiger partial charge in [-0.3, -0.25) is 9.69 Å². The molecule has 2 fully saturated rings. The Kier molecular flexibility index (Phi) is 5.01. The van der Waals surface area contributed by atoms with E-state index >= 15 is 0 Å². The SMILES string of the molecule is CC(C)CN1CCN(C(=O)[C@H]2CCCNC2)CC1. The van der Waals surface area contributed by atoms with Gasteiger partial charge in [-0.1, -0.05) is 13.8 Å². The summed E-state index contributed by atoms with van der Waals surface area (Å²) < 4.78 is 0. The second-order valence-corrected chi connectivity index (χ2v) is 6.06. The minimum absolute atomic E-state index is 0.232. The molecular formula is C14H27N3O. The van der Waals surface area contributed by atoms with Crippen LogP contribution in [0.1, 0.15) is 26.7 Å². The molecule has 1 amide bonds. The van der Waals surface area contributed by atoms with Gasteiger partial charge in [-0.05, 0) is 25.3 Å². The minimum Gasteiger partial charge on any atom is -0.340 e. The highest BCUT2D eigenvalue weighted by Crippen LogP contribution is 2.15. The monoisotopic (exact) mass is 253 g/mol. The molecule has 2 rings (SSSR count). The van der Waals surface area contributed by atoms with Crippen LogP contribution in [0.25, 0.3) is 0 Å². The van der Waals surface area contributed by atoms with Crippen LogP contribution < -0.4 is 5.32 Å². The molecule has 0 unspecified atom stereocenters. The number of hydrogen-bond acceptors (Lipinski definition) is 3. The predicted octanol–water partition coefficient (Wildman–Crippen LogP) is 0.786. The Labute approximate surface area is 111 Å². The molecule has 0 spiro atoms. The summed E-state index contributed by atoms with van der Waals surface area (Å²) in [6.45, 7) is 11.6. The lowest BCUT2D eigenvalue weighted by molar-refractivity contribution is -0.137. The summed E-state index contributed by atoms with van der Waals surface area (Å²) >= 11 is 0. The van der Waals surface area contributed by atoms with E-state index in [0.717, 1.165) is 64.6 Å². The highest BCUT2D eigenvalue weighted by atomic mass is 16.2. The molecule has 1 N–H and O–H groups in total. The molecule has 2 aliphatic heterocycles. The maximum Gasteiger partial charge on any atom is 0.227 e. The molecule has 0 aromatic heterocycles. The Bertz CT molecular complexity index is 266. The van der Waals surface area contributed by atoms with E-state index in [2.05, 4.69) is 29.0 Å². The van der Waals surface area contributed by atoms with Gasteiger partial charge in [-0.25, -0.2) is 0 Å². The second kappa shape index (κ2) is 6.53. The first kappa shape index (κ1) is 13.8. The van der Waals surface area contributed by atoms with E-state index in [-0.39, 0.29) is 5.92 Å². The first-order valence-electron chi connectivity index (χ1n) is 7.38. The highest BCUT2D eigenvalue weighted by molar-refractivity contribution is 5.79. The van der Waals surface area contributed by atoms with Crippen molar-refractivity contribution in [2.24, 2.45) is 11.8 Å². The van der Waals surface area contributed by atoms with E-state index in [9.17, 15) is 4.79 Å². The summed E-state index contributed by atoms with van der Waals surface area (Å²) in [6, 6.07) is 0. The van der Waals surface area contributed by atoms with Gasteiger partial charge in [0, 0.05) is 39.3 Å². The molecule has 104 valence electrons. The molecule has 0 radical (unpaired) electrons. The smallest absolute Gasteiger partial charge is 0.227 e. The predicted molar refractivity (Wildman–Crippen MR) is 73.5 cm³/mol. The Balaban J connectivity index is 1.76. The van der Waals surface area contributed by atoms with Crippen LogP contribution in [0.4, 0.5) is 0 Å². The van der Waals surface area contributed by atoms with E-state index < -0.39 is 0 Å². The molecule has 18 heavy (non-hydrogen) atoms. The van der Waals surface area contributed by atoms with Gasteiger partial charge in [0.1, 0.15) is 0 Å². The zero-order chi connectivity index (χ0) is 13.0. The van der Waals surface area contributed by atoms with Crippen LogP contribution in [0.5, 0.6) is 0 Å². The molecule has 2 heterocycles. The third-order valence-electron chi connectivity index (χ3n) is 3.95. The summed E-state index contributed by atoms with van der Waals surface area (Å²) in [4.78, 5) is 16.9. The molecule has 0 saturated carbocycles. The first-order valence-corrected chi connectivity index (χ1v) is 7.38. The standard InChI is InChI=1S/C14H27N3O/c1-12(2)11-16-6-8-17(9-7-16)14(18)13-4-3-5-15-10-13/h12-13,15H,3-11H2,1-2H3/t13-/m0/s1. The molecule has 0 aromatic rings. The van der Waals surface area contributed by atoms with Crippen molar-refractivity contribution in [1.82, 2.24) is 15.1 Å². The van der Waals surface area contributed by atoms with Gasteiger partial charge in [0.05, 0.1) is 5.92 Å². The Hall–Kier alpha value is -0.610. The van der Waals surface area contributed by atoms with Crippen LogP contribution in [0.3, 0.4) is 0 Å². The number of piperidine rings is 1. The zero-order valence-corrected chi connectivity index (χ0v) is 11.8. The van der Waals surface area contributed by atoms with Crippen molar-refractivity contribution in [2.45, 2.75) is 26.7 Å². The largest absolute Gasteiger partial charge is 0.340 e. The van der Waals surface area contributed by atoms with E-state index in [4.69, 9.17) is 0 Å². The van der Waals surface area contributed by atoms with E-state index in [1.54, 1.807) is 0 Å². The number of carbonyl (C=O) groups is 1. The van der Waals surface area contributed by atoms with Crippen molar-refractivity contribution in [3.8, 4) is 0 Å². The van der Waals surface area contributed by atoms with Crippen molar-refractivity contribution in [1.29, 1.82) is 0 Å². The lowest BCUT2D eigenvalue weighted by Gasteiger charge is -2.37. The van der Waals surface area contributed by atoms with Crippen LogP contribution in [0.2, 0.25) is 0 Å². The number of nitrogens with one attached hydrogen (secondary N) is 1. The van der Waals surface area contributed by atoms with Crippen LogP contribution in [-0.2, 0) is 4.79 Å². The fraction of sp³-hybridized carbons (Fsp3) is 0.929. The van der Waals surface area contributed by atoms with Crippen molar-refractivity contribution in [2.75, 3.05) is 45.8 Å². The number of hydrogen-bond donors (Lipinski definition) is 1. The first-order chi connectivity index (χ1) is 8.66. The number of nitrogens with zero attached hydrogens (tertiary/aromatic N) is 2. The lowest BCUT2D eigenvalue weighted by atomic mass is 9.98. The van der Waals surface area contributed by atoms with Gasteiger partial charge in [0.2, 0.25) is 5.91 Å². The number of carbonyl (C=O) groups excluding carboxylic acids is 1. The van der Waals surface area contributed by atoms with Crippen molar-refractivity contribution < 1.29 is 4.79 Å². The van der Waals surface area contributed by atoms with Gasteiger partial charge in [-0.15, -0.1) is 0 Å². The summed E-state index contributed by atoms with van der Waals surface area (Å²) in [7, 11) is 0. The number of piperazine rings is 1. The van der Waals surface area contributed by atoms with Gasteiger partial charge < -0.3 is 10.2 Å². The number of rotatable bonds is 3. The van der Waals surface area contributed by atoms with E-state index in [1.807, 2.05) is 0 Å². The normalized spacial score (nSPS) is 26.6. The third kappa shape index (κ3) is 3.69. The maximum absolute atomic E-state index is 12.3. The van der Waals surface area contributed by atoms with Crippen LogP contribution >= 0.6 is 0 Å². The number of amides is 1. The maximum atomic E-state index is 12.3. The van der Waals surface area contributed by atoms with Crippen molar-refractivity contribution in [3.05, 3.63) is 0 Å². The Morgan fingerprint density at radius 3 is 2.56 bits per heavy atom. The Morgan fingerprint density at radius 2 is 2.00 bits per heavy atom. The summed E-state index contributed by atoms with van der Waals surface area (Å²) in [5.41, 5.74) is 0. The molecule has 4 nitrogen and oxygen atoms in total. The van der Waals surface area contributed by atoms with Crippen LogP contribution in [-0.4, -0.2) is 61.5 Å². The van der Waals surface area contributed by atoms with Gasteiger partial charge in [0.15, 0.2) is 0 Å². The van der Waals surface area contributed by atoms with Gasteiger partial charge >= 0.3 is 0 Å². The van der Waals surface area contributed by atoms with Crippen LogP contribution in [0.15, 0.2) is 0 Å². The van der Waals surface area contributed by atoms with Gasteiger partial charge in [-0.2, -0.15) is 0 Å². The van der Waals surface area contributed by atoms with E-state index in [0.29, 0.717) is 5.91 Å². The quantitative estimate of drug-likeness (QED) is 0.807. The molecule has 4 heteroatoms. The fourth-order valence-electron chi connectivity index (χ4n) is 2.99. The average Bonchev–Trinajstić information content (AvgIpc) is 2.39. The molecule has 0 aromatic carbocycles. The lowest BCUT2D eigenvalue weighted by Crippen LogP contribution is -2.52. The Morgan fingerprint density at radius 1 is 1.28 bits per heavy atom.